The Kier molecular flexibility index (Phi) is 4.33. The van der Waals surface area contributed by atoms with Gasteiger partial charge in [0.2, 0.25) is 0 Å². The van der Waals surface area contributed by atoms with Crippen LogP contribution in [-0.2, 0) is 0 Å². The molecule has 2 N–H and O–H groups in total. The molecule has 0 radical (unpaired) electrons. The number of nitro groups is 1. The molecule has 0 aliphatic carbocycles. The molecule has 23 heavy (non-hydrogen) atoms. The second kappa shape index (κ2) is 6.57. The normalized spacial score (nSPS) is 17.7. The zero-order valence-electron chi connectivity index (χ0n) is 12.4. The van der Waals surface area contributed by atoms with Crippen molar-refractivity contribution in [2.45, 2.75) is 18.9 Å². The molecule has 3 rings (SSSR count). The third kappa shape index (κ3) is 3.54. The Morgan fingerprint density at radius 3 is 2.83 bits per heavy atom. The molecule has 2 aromatic rings. The van der Waals surface area contributed by atoms with Crippen LogP contribution in [0, 0.1) is 10.1 Å². The summed E-state index contributed by atoms with van der Waals surface area (Å²) >= 11 is 0. The zero-order valence-corrected chi connectivity index (χ0v) is 12.4. The van der Waals surface area contributed by atoms with Crippen LogP contribution in [0.25, 0.3) is 5.69 Å². The lowest BCUT2D eigenvalue weighted by molar-refractivity contribution is -0.384. The molecule has 1 atom stereocenters. The highest BCUT2D eigenvalue weighted by atomic mass is 16.6. The molecular formula is C15H17N5O3. The monoisotopic (exact) mass is 315 g/mol. The second-order valence-electron chi connectivity index (χ2n) is 5.46. The molecule has 1 saturated heterocycles. The average Bonchev–Trinajstić information content (AvgIpc) is 3.06. The van der Waals surface area contributed by atoms with E-state index in [2.05, 4.69) is 15.7 Å². The van der Waals surface area contributed by atoms with Crippen molar-refractivity contribution in [3.8, 4) is 5.69 Å². The van der Waals surface area contributed by atoms with Gasteiger partial charge >= 0.3 is 0 Å². The van der Waals surface area contributed by atoms with Crippen LogP contribution in [0.1, 0.15) is 23.2 Å². The molecule has 0 saturated carbocycles. The van der Waals surface area contributed by atoms with Crippen LogP contribution >= 0.6 is 0 Å². The van der Waals surface area contributed by atoms with Crippen LogP contribution in [0.2, 0.25) is 0 Å². The fourth-order valence-electron chi connectivity index (χ4n) is 2.55. The number of carbonyl (C=O) groups excluding carboxylic acids is 1. The van der Waals surface area contributed by atoms with Gasteiger partial charge in [-0.25, -0.2) is 4.68 Å². The number of benzene rings is 1. The topological polar surface area (TPSA) is 102 Å². The summed E-state index contributed by atoms with van der Waals surface area (Å²) < 4.78 is 1.53. The number of hydrogen-bond donors (Lipinski definition) is 2. The van der Waals surface area contributed by atoms with Gasteiger partial charge in [0, 0.05) is 30.9 Å². The van der Waals surface area contributed by atoms with Crippen LogP contribution in [0.4, 0.5) is 5.69 Å². The van der Waals surface area contributed by atoms with Crippen molar-refractivity contribution < 1.29 is 9.72 Å². The number of hydrogen-bond acceptors (Lipinski definition) is 5. The molecule has 2 heterocycles. The van der Waals surface area contributed by atoms with Gasteiger partial charge in [0.1, 0.15) is 0 Å². The van der Waals surface area contributed by atoms with Crippen LogP contribution in [-0.4, -0.2) is 39.7 Å². The Hall–Kier alpha value is -2.74. The predicted molar refractivity (Wildman–Crippen MR) is 83.6 cm³/mol. The highest BCUT2D eigenvalue weighted by molar-refractivity contribution is 5.94. The third-order valence-electron chi connectivity index (χ3n) is 3.80. The first-order chi connectivity index (χ1) is 11.1. The van der Waals surface area contributed by atoms with Crippen molar-refractivity contribution in [3.63, 3.8) is 0 Å². The summed E-state index contributed by atoms with van der Waals surface area (Å²) in [5, 5.41) is 21.0. The Labute approximate surface area is 132 Å². The molecule has 1 unspecified atom stereocenters. The Morgan fingerprint density at radius 2 is 2.17 bits per heavy atom. The average molecular weight is 315 g/mol. The van der Waals surface area contributed by atoms with Crippen molar-refractivity contribution >= 4 is 11.6 Å². The minimum atomic E-state index is -0.454. The quantitative estimate of drug-likeness (QED) is 0.653. The van der Waals surface area contributed by atoms with Crippen LogP contribution < -0.4 is 10.6 Å². The highest BCUT2D eigenvalue weighted by Crippen LogP contribution is 2.15. The number of nitro benzene ring substituents is 1. The number of piperidine rings is 1. The van der Waals surface area contributed by atoms with Gasteiger partial charge in [0.25, 0.3) is 11.6 Å². The number of rotatable bonds is 4. The zero-order chi connectivity index (χ0) is 16.2. The van der Waals surface area contributed by atoms with E-state index in [0.29, 0.717) is 11.3 Å². The molecule has 1 fully saturated rings. The number of nitrogens with zero attached hydrogens (tertiary/aromatic N) is 3. The van der Waals surface area contributed by atoms with Gasteiger partial charge in [-0.05, 0) is 31.5 Å². The van der Waals surface area contributed by atoms with E-state index in [9.17, 15) is 14.9 Å². The van der Waals surface area contributed by atoms with E-state index in [1.807, 2.05) is 0 Å². The van der Waals surface area contributed by atoms with Gasteiger partial charge in [-0.2, -0.15) is 5.10 Å². The third-order valence-corrected chi connectivity index (χ3v) is 3.80. The van der Waals surface area contributed by atoms with E-state index < -0.39 is 4.92 Å². The van der Waals surface area contributed by atoms with Crippen molar-refractivity contribution in [3.05, 3.63) is 52.3 Å². The molecule has 1 aromatic heterocycles. The van der Waals surface area contributed by atoms with Gasteiger partial charge in [0.05, 0.1) is 22.4 Å². The first kappa shape index (κ1) is 15.2. The molecule has 0 bridgehead atoms. The molecule has 1 aromatic carbocycles. The Morgan fingerprint density at radius 1 is 1.39 bits per heavy atom. The van der Waals surface area contributed by atoms with E-state index in [0.717, 1.165) is 25.9 Å². The SMILES string of the molecule is O=C(NC1CCCNC1)c1cnn(-c2ccc([N+](=O)[O-])cc2)c1. The van der Waals surface area contributed by atoms with Crippen molar-refractivity contribution in [1.29, 1.82) is 0 Å². The maximum atomic E-state index is 12.2. The minimum Gasteiger partial charge on any atom is -0.348 e. The van der Waals surface area contributed by atoms with Gasteiger partial charge in [-0.15, -0.1) is 0 Å². The van der Waals surface area contributed by atoms with Crippen LogP contribution in [0.5, 0.6) is 0 Å². The maximum absolute atomic E-state index is 12.2. The minimum absolute atomic E-state index is 0.0173. The van der Waals surface area contributed by atoms with Gasteiger partial charge in [-0.1, -0.05) is 0 Å². The number of aromatic nitrogens is 2. The van der Waals surface area contributed by atoms with Crippen LogP contribution in [0.15, 0.2) is 36.7 Å². The molecule has 1 amide bonds. The van der Waals surface area contributed by atoms with Gasteiger partial charge in [0.15, 0.2) is 0 Å². The van der Waals surface area contributed by atoms with E-state index in [1.165, 1.54) is 23.0 Å². The van der Waals surface area contributed by atoms with Crippen molar-refractivity contribution in [1.82, 2.24) is 20.4 Å². The van der Waals surface area contributed by atoms with Crippen LogP contribution in [0.3, 0.4) is 0 Å². The molecule has 120 valence electrons. The van der Waals surface area contributed by atoms with Crippen molar-refractivity contribution in [2.24, 2.45) is 0 Å². The largest absolute Gasteiger partial charge is 0.348 e. The summed E-state index contributed by atoms with van der Waals surface area (Å²) in [4.78, 5) is 22.4. The lowest BCUT2D eigenvalue weighted by Crippen LogP contribution is -2.45. The lowest BCUT2D eigenvalue weighted by atomic mass is 10.1. The Balaban J connectivity index is 1.69. The summed E-state index contributed by atoms with van der Waals surface area (Å²) in [6.45, 7) is 1.77. The van der Waals surface area contributed by atoms with Gasteiger partial charge in [-0.3, -0.25) is 14.9 Å². The molecule has 1 aliphatic heterocycles. The lowest BCUT2D eigenvalue weighted by Gasteiger charge is -2.23. The molecule has 8 heteroatoms. The standard InChI is InChI=1S/C15H17N5O3/c21-15(18-12-2-1-7-16-9-12)11-8-17-19(10-11)13-3-5-14(6-4-13)20(22)23/h3-6,8,10,12,16H,1-2,7,9H2,(H,18,21). The predicted octanol–water partition coefficient (Wildman–Crippen LogP) is 1.26. The summed E-state index contributed by atoms with van der Waals surface area (Å²) in [6.07, 6.45) is 5.13. The smallest absolute Gasteiger partial charge is 0.269 e. The maximum Gasteiger partial charge on any atom is 0.269 e. The summed E-state index contributed by atoms with van der Waals surface area (Å²) in [6, 6.07) is 6.14. The van der Waals surface area contributed by atoms with Gasteiger partial charge < -0.3 is 10.6 Å². The molecule has 1 aliphatic rings. The van der Waals surface area contributed by atoms with E-state index in [-0.39, 0.29) is 17.6 Å². The number of non-ortho nitro benzene ring substituents is 1. The second-order valence-corrected chi connectivity index (χ2v) is 5.46. The van der Waals surface area contributed by atoms with E-state index in [4.69, 9.17) is 0 Å². The van der Waals surface area contributed by atoms with E-state index >= 15 is 0 Å². The highest BCUT2D eigenvalue weighted by Gasteiger charge is 2.17. The molecular weight excluding hydrogens is 298 g/mol. The molecule has 0 spiro atoms. The first-order valence-electron chi connectivity index (χ1n) is 7.44. The Bertz CT molecular complexity index is 704. The summed E-state index contributed by atoms with van der Waals surface area (Å²) in [5.41, 5.74) is 1.14. The first-order valence-corrected chi connectivity index (χ1v) is 7.44. The number of nitrogens with one attached hydrogen (secondary N) is 2. The fourth-order valence-corrected chi connectivity index (χ4v) is 2.55. The summed E-state index contributed by atoms with van der Waals surface area (Å²) in [5.74, 6) is -0.160. The summed E-state index contributed by atoms with van der Waals surface area (Å²) in [7, 11) is 0. The van der Waals surface area contributed by atoms with Crippen molar-refractivity contribution in [2.75, 3.05) is 13.1 Å². The van der Waals surface area contributed by atoms with E-state index in [1.54, 1.807) is 18.3 Å². The number of amides is 1. The molecule has 8 nitrogen and oxygen atoms in total. The fraction of sp³-hybridized carbons (Fsp3) is 0.333. The number of carbonyl (C=O) groups is 1.